The highest BCUT2D eigenvalue weighted by Crippen LogP contribution is 2.23. The van der Waals surface area contributed by atoms with Gasteiger partial charge in [-0.15, -0.1) is 0 Å². The molecule has 1 unspecified atom stereocenters. The zero-order valence-corrected chi connectivity index (χ0v) is 8.11. The Balaban J connectivity index is 3.22. The van der Waals surface area contributed by atoms with Crippen LogP contribution < -0.4 is 0 Å². The number of aryl methyl sites for hydroxylation is 1. The van der Waals surface area contributed by atoms with Crippen LogP contribution in [-0.2, 0) is 10.2 Å². The first kappa shape index (κ1) is 10.3. The highest BCUT2D eigenvalue weighted by molar-refractivity contribution is 5.84. The minimum atomic E-state index is -1.45. The molecule has 14 heavy (non-hydrogen) atoms. The molecule has 0 aliphatic carbocycles. The van der Waals surface area contributed by atoms with E-state index in [1.807, 2.05) is 13.0 Å². The lowest BCUT2D eigenvalue weighted by Gasteiger charge is -2.16. The molecule has 0 aliphatic heterocycles. The van der Waals surface area contributed by atoms with Crippen molar-refractivity contribution in [1.29, 1.82) is 5.26 Å². The fraction of sp³-hybridized carbons (Fsp3) is 0.273. The second-order valence-corrected chi connectivity index (χ2v) is 3.41. The monoisotopic (exact) mass is 189 g/mol. The molecule has 1 aromatic rings. The van der Waals surface area contributed by atoms with Crippen molar-refractivity contribution >= 4 is 5.97 Å². The average molecular weight is 189 g/mol. The van der Waals surface area contributed by atoms with Gasteiger partial charge >= 0.3 is 5.97 Å². The second kappa shape index (κ2) is 3.51. The van der Waals surface area contributed by atoms with Crippen LogP contribution in [0.1, 0.15) is 18.1 Å². The maximum Gasteiger partial charge on any atom is 0.328 e. The van der Waals surface area contributed by atoms with E-state index in [9.17, 15) is 4.79 Å². The molecule has 0 saturated heterocycles. The number of hydrogen-bond acceptors (Lipinski definition) is 2. The van der Waals surface area contributed by atoms with Crippen molar-refractivity contribution in [3.05, 3.63) is 35.4 Å². The van der Waals surface area contributed by atoms with Crippen LogP contribution in [0, 0.1) is 18.3 Å². The molecule has 1 atom stereocenters. The van der Waals surface area contributed by atoms with Gasteiger partial charge in [-0.3, -0.25) is 4.79 Å². The number of aliphatic carboxylic acids is 1. The van der Waals surface area contributed by atoms with Crippen molar-refractivity contribution < 1.29 is 9.90 Å². The summed E-state index contributed by atoms with van der Waals surface area (Å²) < 4.78 is 0. The molecule has 0 aliphatic rings. The van der Waals surface area contributed by atoms with E-state index in [1.54, 1.807) is 24.3 Å². The van der Waals surface area contributed by atoms with Gasteiger partial charge in [0.25, 0.3) is 0 Å². The van der Waals surface area contributed by atoms with E-state index in [0.29, 0.717) is 5.56 Å². The molecule has 0 radical (unpaired) electrons. The van der Waals surface area contributed by atoms with Gasteiger partial charge in [0.2, 0.25) is 0 Å². The topological polar surface area (TPSA) is 61.1 Å². The third-order valence-electron chi connectivity index (χ3n) is 2.28. The zero-order valence-electron chi connectivity index (χ0n) is 8.11. The first-order chi connectivity index (χ1) is 6.50. The van der Waals surface area contributed by atoms with E-state index >= 15 is 0 Å². The summed E-state index contributed by atoms with van der Waals surface area (Å²) in [4.78, 5) is 10.9. The third kappa shape index (κ3) is 1.60. The molecule has 0 fully saturated rings. The van der Waals surface area contributed by atoms with Gasteiger partial charge in [0.15, 0.2) is 5.41 Å². The number of nitriles is 1. The summed E-state index contributed by atoms with van der Waals surface area (Å²) in [6.07, 6.45) is 0. The van der Waals surface area contributed by atoms with Gasteiger partial charge in [0, 0.05) is 0 Å². The fourth-order valence-electron chi connectivity index (χ4n) is 1.12. The molecule has 1 N–H and O–H groups in total. The van der Waals surface area contributed by atoms with Crippen LogP contribution in [-0.4, -0.2) is 11.1 Å². The van der Waals surface area contributed by atoms with E-state index in [4.69, 9.17) is 10.4 Å². The van der Waals surface area contributed by atoms with Crippen LogP contribution >= 0.6 is 0 Å². The van der Waals surface area contributed by atoms with Gasteiger partial charge in [0.1, 0.15) is 0 Å². The maximum atomic E-state index is 10.9. The van der Waals surface area contributed by atoms with E-state index in [-0.39, 0.29) is 0 Å². The van der Waals surface area contributed by atoms with Gasteiger partial charge in [-0.2, -0.15) is 5.26 Å². The molecular weight excluding hydrogens is 178 g/mol. The number of rotatable bonds is 2. The standard InChI is InChI=1S/C11H11NO2/c1-8-3-5-9(6-4-8)11(2,7-12)10(13)14/h3-6H,1-2H3,(H,13,14). The summed E-state index contributed by atoms with van der Waals surface area (Å²) in [6, 6.07) is 8.76. The summed E-state index contributed by atoms with van der Waals surface area (Å²) in [7, 11) is 0. The predicted octanol–water partition coefficient (Wildman–Crippen LogP) is 1.86. The Morgan fingerprint density at radius 1 is 1.43 bits per heavy atom. The summed E-state index contributed by atoms with van der Waals surface area (Å²) in [6.45, 7) is 3.31. The Morgan fingerprint density at radius 3 is 2.29 bits per heavy atom. The minimum Gasteiger partial charge on any atom is -0.480 e. The van der Waals surface area contributed by atoms with E-state index in [0.717, 1.165) is 5.56 Å². The van der Waals surface area contributed by atoms with Crippen LogP contribution in [0.4, 0.5) is 0 Å². The molecule has 0 amide bonds. The number of hydrogen-bond donors (Lipinski definition) is 1. The van der Waals surface area contributed by atoms with Gasteiger partial charge in [-0.1, -0.05) is 29.8 Å². The van der Waals surface area contributed by atoms with Crippen LogP contribution in [0.15, 0.2) is 24.3 Å². The third-order valence-corrected chi connectivity index (χ3v) is 2.28. The molecule has 0 spiro atoms. The van der Waals surface area contributed by atoms with E-state index in [1.165, 1.54) is 6.92 Å². The first-order valence-electron chi connectivity index (χ1n) is 4.22. The number of carboxylic acids is 1. The zero-order chi connectivity index (χ0) is 10.8. The molecule has 72 valence electrons. The Kier molecular flexibility index (Phi) is 2.57. The average Bonchev–Trinajstić information content (AvgIpc) is 2.17. The molecule has 0 heterocycles. The molecule has 0 aromatic heterocycles. The predicted molar refractivity (Wildman–Crippen MR) is 51.8 cm³/mol. The summed E-state index contributed by atoms with van der Waals surface area (Å²) in [5.74, 6) is -1.12. The molecular formula is C11H11NO2. The molecule has 1 aromatic carbocycles. The fourth-order valence-corrected chi connectivity index (χ4v) is 1.12. The Hall–Kier alpha value is -1.82. The molecule has 0 bridgehead atoms. The van der Waals surface area contributed by atoms with Crippen LogP contribution in [0.2, 0.25) is 0 Å². The lowest BCUT2D eigenvalue weighted by atomic mass is 9.84. The van der Waals surface area contributed by atoms with Crippen LogP contribution in [0.5, 0.6) is 0 Å². The number of carboxylic acid groups (broad SMARTS) is 1. The summed E-state index contributed by atoms with van der Waals surface area (Å²) in [5, 5.41) is 17.8. The SMILES string of the molecule is Cc1ccc(C(C)(C#N)C(=O)O)cc1. The van der Waals surface area contributed by atoms with Gasteiger partial charge in [0.05, 0.1) is 6.07 Å². The number of benzene rings is 1. The van der Waals surface area contributed by atoms with Crippen molar-refractivity contribution in [3.63, 3.8) is 0 Å². The normalized spacial score (nSPS) is 14.1. The summed E-state index contributed by atoms with van der Waals surface area (Å²) >= 11 is 0. The quantitative estimate of drug-likeness (QED) is 0.772. The molecule has 0 saturated carbocycles. The highest BCUT2D eigenvalue weighted by Gasteiger charge is 2.35. The second-order valence-electron chi connectivity index (χ2n) is 3.41. The van der Waals surface area contributed by atoms with E-state index in [2.05, 4.69) is 0 Å². The Bertz CT molecular complexity index is 389. The highest BCUT2D eigenvalue weighted by atomic mass is 16.4. The minimum absolute atomic E-state index is 0.512. The largest absolute Gasteiger partial charge is 0.480 e. The number of nitrogens with zero attached hydrogens (tertiary/aromatic N) is 1. The lowest BCUT2D eigenvalue weighted by Crippen LogP contribution is -2.30. The smallest absolute Gasteiger partial charge is 0.328 e. The summed E-state index contributed by atoms with van der Waals surface area (Å²) in [5.41, 5.74) is 0.103. The molecule has 3 heteroatoms. The maximum absolute atomic E-state index is 10.9. The Labute approximate surface area is 82.6 Å². The molecule has 1 rings (SSSR count). The number of carbonyl (C=O) groups is 1. The van der Waals surface area contributed by atoms with Crippen molar-refractivity contribution in [1.82, 2.24) is 0 Å². The van der Waals surface area contributed by atoms with E-state index < -0.39 is 11.4 Å². The lowest BCUT2D eigenvalue weighted by molar-refractivity contribution is -0.141. The Morgan fingerprint density at radius 2 is 1.93 bits per heavy atom. The molecule has 3 nitrogen and oxygen atoms in total. The van der Waals surface area contributed by atoms with Crippen molar-refractivity contribution in [2.45, 2.75) is 19.3 Å². The van der Waals surface area contributed by atoms with Crippen LogP contribution in [0.25, 0.3) is 0 Å². The van der Waals surface area contributed by atoms with Gasteiger partial charge in [-0.05, 0) is 19.4 Å². The van der Waals surface area contributed by atoms with Crippen molar-refractivity contribution in [2.24, 2.45) is 0 Å². The van der Waals surface area contributed by atoms with Crippen LogP contribution in [0.3, 0.4) is 0 Å². The first-order valence-corrected chi connectivity index (χ1v) is 4.22. The van der Waals surface area contributed by atoms with Crippen molar-refractivity contribution in [3.8, 4) is 6.07 Å². The van der Waals surface area contributed by atoms with Gasteiger partial charge in [-0.25, -0.2) is 0 Å². The van der Waals surface area contributed by atoms with Gasteiger partial charge < -0.3 is 5.11 Å². The van der Waals surface area contributed by atoms with Crippen molar-refractivity contribution in [2.75, 3.05) is 0 Å².